The standard InChI is InChI=1S/C16H22N2O2/c1-4-20-16(19,18(2)3)11-13-9-5-7-12-8-6-10-14(17)15(12)13/h5-10,19H,4,11,17H2,1-3H3. The zero-order valence-corrected chi connectivity index (χ0v) is 12.3. The van der Waals surface area contributed by atoms with Crippen LogP contribution in [0.25, 0.3) is 10.8 Å². The van der Waals surface area contributed by atoms with E-state index in [-0.39, 0.29) is 0 Å². The molecule has 0 fully saturated rings. The summed E-state index contributed by atoms with van der Waals surface area (Å²) in [4.78, 5) is 1.68. The van der Waals surface area contributed by atoms with Crippen LogP contribution in [0.5, 0.6) is 0 Å². The number of anilines is 1. The Morgan fingerprint density at radius 3 is 2.45 bits per heavy atom. The first kappa shape index (κ1) is 14.8. The molecule has 2 aromatic carbocycles. The second-order valence-corrected chi connectivity index (χ2v) is 5.11. The minimum atomic E-state index is -1.33. The fraction of sp³-hybridized carbons (Fsp3) is 0.375. The first-order valence-corrected chi connectivity index (χ1v) is 6.78. The predicted octanol–water partition coefficient (Wildman–Crippen LogP) is 2.21. The van der Waals surface area contributed by atoms with Crippen LogP contribution in [0, 0.1) is 0 Å². The maximum Gasteiger partial charge on any atom is 0.231 e. The SMILES string of the molecule is CCOC(O)(Cc1cccc2cccc(N)c12)N(C)C. The highest BCUT2D eigenvalue weighted by Gasteiger charge is 2.31. The van der Waals surface area contributed by atoms with Crippen LogP contribution in [-0.4, -0.2) is 36.6 Å². The van der Waals surface area contributed by atoms with Crippen molar-refractivity contribution in [1.29, 1.82) is 0 Å². The van der Waals surface area contributed by atoms with Crippen molar-refractivity contribution < 1.29 is 9.84 Å². The lowest BCUT2D eigenvalue weighted by molar-refractivity contribution is -0.277. The lowest BCUT2D eigenvalue weighted by Gasteiger charge is -2.34. The van der Waals surface area contributed by atoms with E-state index in [2.05, 4.69) is 0 Å². The summed E-state index contributed by atoms with van der Waals surface area (Å²) in [6, 6.07) is 11.8. The van der Waals surface area contributed by atoms with Gasteiger partial charge in [0.25, 0.3) is 0 Å². The predicted molar refractivity (Wildman–Crippen MR) is 82.3 cm³/mol. The summed E-state index contributed by atoms with van der Waals surface area (Å²) in [6.07, 6.45) is 0.361. The first-order valence-electron chi connectivity index (χ1n) is 6.78. The Balaban J connectivity index is 2.48. The number of benzene rings is 2. The summed E-state index contributed by atoms with van der Waals surface area (Å²) in [5, 5.41) is 12.7. The highest BCUT2D eigenvalue weighted by molar-refractivity contribution is 5.95. The van der Waals surface area contributed by atoms with E-state index in [4.69, 9.17) is 10.5 Å². The number of hydrogen-bond acceptors (Lipinski definition) is 4. The highest BCUT2D eigenvalue weighted by atomic mass is 16.6. The van der Waals surface area contributed by atoms with Crippen LogP contribution >= 0.6 is 0 Å². The fourth-order valence-electron chi connectivity index (χ4n) is 2.41. The van der Waals surface area contributed by atoms with Crippen molar-refractivity contribution in [3.63, 3.8) is 0 Å². The van der Waals surface area contributed by atoms with Crippen molar-refractivity contribution in [1.82, 2.24) is 4.90 Å². The zero-order chi connectivity index (χ0) is 14.8. The molecular weight excluding hydrogens is 252 g/mol. The lowest BCUT2D eigenvalue weighted by Crippen LogP contribution is -2.48. The van der Waals surface area contributed by atoms with E-state index in [0.717, 1.165) is 22.0 Å². The van der Waals surface area contributed by atoms with Gasteiger partial charge in [-0.2, -0.15) is 0 Å². The first-order chi connectivity index (χ1) is 9.48. The largest absolute Gasteiger partial charge is 0.398 e. The Bertz CT molecular complexity index is 593. The van der Waals surface area contributed by atoms with E-state index in [0.29, 0.717) is 13.0 Å². The van der Waals surface area contributed by atoms with E-state index in [9.17, 15) is 5.11 Å². The number of nitrogen functional groups attached to an aromatic ring is 1. The van der Waals surface area contributed by atoms with Crippen molar-refractivity contribution in [2.45, 2.75) is 19.3 Å². The number of rotatable bonds is 5. The minimum Gasteiger partial charge on any atom is -0.398 e. The Morgan fingerprint density at radius 1 is 1.20 bits per heavy atom. The normalized spacial score (nSPS) is 14.7. The number of aliphatic hydroxyl groups is 1. The molecule has 4 heteroatoms. The van der Waals surface area contributed by atoms with Crippen molar-refractivity contribution in [2.75, 3.05) is 26.4 Å². The van der Waals surface area contributed by atoms with Gasteiger partial charge in [0.2, 0.25) is 5.91 Å². The molecule has 1 unspecified atom stereocenters. The van der Waals surface area contributed by atoms with Crippen LogP contribution in [0.4, 0.5) is 5.69 Å². The molecule has 0 heterocycles. The van der Waals surface area contributed by atoms with Gasteiger partial charge in [0.05, 0.1) is 0 Å². The highest BCUT2D eigenvalue weighted by Crippen LogP contribution is 2.28. The Kier molecular flexibility index (Phi) is 4.28. The van der Waals surface area contributed by atoms with Crippen LogP contribution in [-0.2, 0) is 11.2 Å². The monoisotopic (exact) mass is 274 g/mol. The number of nitrogens with two attached hydrogens (primary N) is 1. The van der Waals surface area contributed by atoms with Gasteiger partial charge < -0.3 is 15.6 Å². The molecule has 0 aliphatic carbocycles. The van der Waals surface area contributed by atoms with Crippen LogP contribution in [0.3, 0.4) is 0 Å². The van der Waals surface area contributed by atoms with Crippen molar-refractivity contribution in [2.24, 2.45) is 0 Å². The molecule has 0 aliphatic heterocycles. The number of hydrogen-bond donors (Lipinski definition) is 2. The number of likely N-dealkylation sites (N-methyl/N-ethyl adjacent to an activating group) is 1. The molecule has 0 radical (unpaired) electrons. The summed E-state index contributed by atoms with van der Waals surface area (Å²) in [6.45, 7) is 2.31. The Hall–Kier alpha value is -1.62. The molecule has 108 valence electrons. The molecule has 0 aliphatic rings. The second kappa shape index (κ2) is 5.79. The summed E-state index contributed by atoms with van der Waals surface area (Å²) in [7, 11) is 3.59. The fourth-order valence-corrected chi connectivity index (χ4v) is 2.41. The van der Waals surface area contributed by atoms with Gasteiger partial charge in [-0.15, -0.1) is 0 Å². The molecule has 2 rings (SSSR count). The summed E-state index contributed by atoms with van der Waals surface area (Å²) >= 11 is 0. The smallest absolute Gasteiger partial charge is 0.231 e. The average molecular weight is 274 g/mol. The van der Waals surface area contributed by atoms with Gasteiger partial charge in [0.15, 0.2) is 0 Å². The molecule has 1 atom stereocenters. The molecule has 20 heavy (non-hydrogen) atoms. The molecule has 0 saturated carbocycles. The lowest BCUT2D eigenvalue weighted by atomic mass is 9.99. The zero-order valence-electron chi connectivity index (χ0n) is 12.3. The van der Waals surface area contributed by atoms with Gasteiger partial charge in [-0.1, -0.05) is 30.3 Å². The van der Waals surface area contributed by atoms with Crippen molar-refractivity contribution in [3.05, 3.63) is 42.0 Å². The van der Waals surface area contributed by atoms with Crippen molar-refractivity contribution in [3.8, 4) is 0 Å². The Morgan fingerprint density at radius 2 is 1.85 bits per heavy atom. The molecular formula is C16H22N2O2. The number of ether oxygens (including phenoxy) is 1. The van der Waals surface area contributed by atoms with E-state index >= 15 is 0 Å². The van der Waals surface area contributed by atoms with Gasteiger partial charge in [0.1, 0.15) is 0 Å². The molecule has 0 bridgehead atoms. The number of fused-ring (bicyclic) bond motifs is 1. The average Bonchev–Trinajstić information content (AvgIpc) is 2.39. The molecule has 0 saturated heterocycles. The molecule has 3 N–H and O–H groups in total. The Labute approximate surface area is 119 Å². The molecule has 0 aromatic heterocycles. The second-order valence-electron chi connectivity index (χ2n) is 5.11. The maximum atomic E-state index is 10.7. The van der Waals surface area contributed by atoms with Gasteiger partial charge in [0, 0.05) is 24.1 Å². The van der Waals surface area contributed by atoms with Crippen LogP contribution in [0.1, 0.15) is 12.5 Å². The molecule has 4 nitrogen and oxygen atoms in total. The van der Waals surface area contributed by atoms with Crippen molar-refractivity contribution >= 4 is 16.5 Å². The molecule has 2 aromatic rings. The van der Waals surface area contributed by atoms with Gasteiger partial charge in [-0.3, -0.25) is 4.90 Å². The third-order valence-corrected chi connectivity index (χ3v) is 3.52. The van der Waals surface area contributed by atoms with Gasteiger partial charge in [-0.25, -0.2) is 0 Å². The van der Waals surface area contributed by atoms with Crippen LogP contribution in [0.15, 0.2) is 36.4 Å². The van der Waals surface area contributed by atoms with Gasteiger partial charge >= 0.3 is 0 Å². The van der Waals surface area contributed by atoms with E-state index in [1.807, 2.05) is 43.3 Å². The minimum absolute atomic E-state index is 0.361. The molecule has 0 amide bonds. The van der Waals surface area contributed by atoms with E-state index in [1.165, 1.54) is 0 Å². The third-order valence-electron chi connectivity index (χ3n) is 3.52. The topological polar surface area (TPSA) is 58.7 Å². The summed E-state index contributed by atoms with van der Waals surface area (Å²) in [5.74, 6) is -1.33. The molecule has 0 spiro atoms. The van der Waals surface area contributed by atoms with E-state index < -0.39 is 5.91 Å². The third kappa shape index (κ3) is 2.77. The van der Waals surface area contributed by atoms with E-state index in [1.54, 1.807) is 19.0 Å². The quantitative estimate of drug-likeness (QED) is 0.648. The van der Waals surface area contributed by atoms with Crippen LogP contribution < -0.4 is 5.73 Å². The number of nitrogens with zero attached hydrogens (tertiary/aromatic N) is 1. The van der Waals surface area contributed by atoms with Gasteiger partial charge in [-0.05, 0) is 38.0 Å². The summed E-state index contributed by atoms with van der Waals surface area (Å²) in [5.41, 5.74) is 7.79. The maximum absolute atomic E-state index is 10.7. The van der Waals surface area contributed by atoms with Crippen LogP contribution in [0.2, 0.25) is 0 Å². The summed E-state index contributed by atoms with van der Waals surface area (Å²) < 4.78 is 5.52.